The molecule has 4 nitrogen and oxygen atoms in total. The Labute approximate surface area is 129 Å². The molecule has 20 heavy (non-hydrogen) atoms. The van der Waals surface area contributed by atoms with Crippen molar-refractivity contribution < 1.29 is 13.2 Å². The molecule has 2 rings (SSSR count). The number of hydrogen-bond acceptors (Lipinski definition) is 4. The quantitative estimate of drug-likeness (QED) is 0.685. The first kappa shape index (κ1) is 16.2. The van der Waals surface area contributed by atoms with E-state index in [9.17, 15) is 8.42 Å². The maximum atomic E-state index is 12.8. The molecule has 0 aliphatic heterocycles. The Hall–Kier alpha value is -0.140. The summed E-state index contributed by atoms with van der Waals surface area (Å²) in [6, 6.07) is 1.70. The van der Waals surface area contributed by atoms with Crippen LogP contribution in [0, 0.1) is 5.92 Å². The minimum Gasteiger partial charge on any atom is -0.383 e. The Morgan fingerprint density at radius 1 is 1.55 bits per heavy atom. The third-order valence-corrected chi connectivity index (χ3v) is 7.14. The molecule has 1 aromatic rings. The van der Waals surface area contributed by atoms with Crippen molar-refractivity contribution in [2.75, 3.05) is 20.3 Å². The fourth-order valence-corrected chi connectivity index (χ4v) is 5.29. The van der Waals surface area contributed by atoms with Crippen LogP contribution in [0.3, 0.4) is 0 Å². The SMILES string of the molecule is COCCN(C(C)C1CC1)S(=O)(=O)c1csc(CCl)c1. The van der Waals surface area contributed by atoms with E-state index < -0.39 is 10.0 Å². The zero-order valence-electron chi connectivity index (χ0n) is 11.7. The van der Waals surface area contributed by atoms with Gasteiger partial charge in [-0.1, -0.05) is 0 Å². The van der Waals surface area contributed by atoms with Crippen LogP contribution in [0.15, 0.2) is 16.3 Å². The van der Waals surface area contributed by atoms with Crippen LogP contribution in [-0.4, -0.2) is 39.0 Å². The molecule has 1 aliphatic carbocycles. The van der Waals surface area contributed by atoms with E-state index in [-0.39, 0.29) is 6.04 Å². The molecule has 1 saturated carbocycles. The molecule has 0 N–H and O–H groups in total. The Kier molecular flexibility index (Phi) is 5.48. The van der Waals surface area contributed by atoms with Gasteiger partial charge in [0.15, 0.2) is 0 Å². The van der Waals surface area contributed by atoms with E-state index in [4.69, 9.17) is 16.3 Å². The number of thiophene rings is 1. The summed E-state index contributed by atoms with van der Waals surface area (Å²) >= 11 is 7.14. The Balaban J connectivity index is 2.24. The highest BCUT2D eigenvalue weighted by molar-refractivity contribution is 7.89. The number of rotatable bonds is 8. The molecule has 0 bridgehead atoms. The highest BCUT2D eigenvalue weighted by Crippen LogP contribution is 2.37. The van der Waals surface area contributed by atoms with E-state index in [0.717, 1.165) is 17.7 Å². The van der Waals surface area contributed by atoms with Gasteiger partial charge in [0, 0.05) is 30.0 Å². The van der Waals surface area contributed by atoms with Crippen molar-refractivity contribution in [1.82, 2.24) is 4.31 Å². The lowest BCUT2D eigenvalue weighted by molar-refractivity contribution is 0.164. The molecule has 1 heterocycles. The fourth-order valence-electron chi connectivity index (χ4n) is 2.24. The topological polar surface area (TPSA) is 46.6 Å². The zero-order chi connectivity index (χ0) is 14.8. The number of ether oxygens (including phenoxy) is 1. The Morgan fingerprint density at radius 2 is 2.25 bits per heavy atom. The maximum Gasteiger partial charge on any atom is 0.244 e. The summed E-state index contributed by atoms with van der Waals surface area (Å²) in [6.45, 7) is 2.78. The van der Waals surface area contributed by atoms with Crippen LogP contribution in [0.25, 0.3) is 0 Å². The number of methoxy groups -OCH3 is 1. The zero-order valence-corrected chi connectivity index (χ0v) is 14.1. The van der Waals surface area contributed by atoms with E-state index in [1.54, 1.807) is 22.9 Å². The van der Waals surface area contributed by atoms with Gasteiger partial charge in [0.05, 0.1) is 17.4 Å². The third-order valence-electron chi connectivity index (χ3n) is 3.64. The normalized spacial score (nSPS) is 17.6. The number of alkyl halides is 1. The van der Waals surface area contributed by atoms with Gasteiger partial charge in [-0.2, -0.15) is 4.31 Å². The molecule has 1 aromatic heterocycles. The molecule has 7 heteroatoms. The predicted octanol–water partition coefficient (Wildman–Crippen LogP) is 2.92. The highest BCUT2D eigenvalue weighted by Gasteiger charge is 2.38. The number of hydrogen-bond donors (Lipinski definition) is 0. The molecular formula is C13H20ClNO3S2. The van der Waals surface area contributed by atoms with Crippen LogP contribution >= 0.6 is 22.9 Å². The Morgan fingerprint density at radius 3 is 2.75 bits per heavy atom. The lowest BCUT2D eigenvalue weighted by Gasteiger charge is -2.27. The molecule has 0 spiro atoms. The Bertz CT molecular complexity index is 540. The second-order valence-corrected chi connectivity index (χ2v) is 8.22. The van der Waals surface area contributed by atoms with Crippen LogP contribution in [-0.2, 0) is 20.6 Å². The van der Waals surface area contributed by atoms with Crippen molar-refractivity contribution in [1.29, 1.82) is 0 Å². The van der Waals surface area contributed by atoms with Crippen LogP contribution in [0.1, 0.15) is 24.6 Å². The highest BCUT2D eigenvalue weighted by atomic mass is 35.5. The molecule has 1 unspecified atom stereocenters. The van der Waals surface area contributed by atoms with Crippen molar-refractivity contribution in [3.8, 4) is 0 Å². The maximum absolute atomic E-state index is 12.8. The summed E-state index contributed by atoms with van der Waals surface area (Å²) in [5.41, 5.74) is 0. The van der Waals surface area contributed by atoms with E-state index in [0.29, 0.717) is 29.8 Å². The van der Waals surface area contributed by atoms with Gasteiger partial charge in [0.25, 0.3) is 0 Å². The molecule has 1 aliphatic rings. The minimum absolute atomic E-state index is 0.0227. The van der Waals surface area contributed by atoms with Gasteiger partial charge in [-0.25, -0.2) is 8.42 Å². The molecule has 0 saturated heterocycles. The monoisotopic (exact) mass is 337 g/mol. The van der Waals surface area contributed by atoms with Crippen LogP contribution in [0.5, 0.6) is 0 Å². The lowest BCUT2D eigenvalue weighted by Crippen LogP contribution is -2.41. The second kappa shape index (κ2) is 6.75. The average Bonchev–Trinajstić information content (AvgIpc) is 3.15. The van der Waals surface area contributed by atoms with Crippen LogP contribution in [0.4, 0.5) is 0 Å². The van der Waals surface area contributed by atoms with Gasteiger partial charge < -0.3 is 4.74 Å². The molecule has 0 radical (unpaired) electrons. The van der Waals surface area contributed by atoms with Crippen molar-refractivity contribution in [2.24, 2.45) is 5.92 Å². The minimum atomic E-state index is -3.46. The first-order chi connectivity index (χ1) is 9.50. The molecule has 0 aromatic carbocycles. The van der Waals surface area contributed by atoms with E-state index in [1.165, 1.54) is 11.3 Å². The van der Waals surface area contributed by atoms with E-state index in [2.05, 4.69) is 0 Å². The first-order valence-corrected chi connectivity index (χ1v) is 9.50. The molecule has 114 valence electrons. The molecule has 1 fully saturated rings. The summed E-state index contributed by atoms with van der Waals surface area (Å²) in [5, 5.41) is 1.67. The number of nitrogens with zero attached hydrogens (tertiary/aromatic N) is 1. The van der Waals surface area contributed by atoms with E-state index >= 15 is 0 Å². The van der Waals surface area contributed by atoms with Gasteiger partial charge in [-0.15, -0.1) is 22.9 Å². The van der Waals surface area contributed by atoms with Crippen molar-refractivity contribution in [3.63, 3.8) is 0 Å². The summed E-state index contributed by atoms with van der Waals surface area (Å²) < 4.78 is 32.2. The largest absolute Gasteiger partial charge is 0.383 e. The fraction of sp³-hybridized carbons (Fsp3) is 0.692. The summed E-state index contributed by atoms with van der Waals surface area (Å²) in [4.78, 5) is 1.22. The van der Waals surface area contributed by atoms with Gasteiger partial charge in [0.1, 0.15) is 0 Å². The number of halogens is 1. The second-order valence-electron chi connectivity index (χ2n) is 5.07. The third kappa shape index (κ3) is 3.54. The van der Waals surface area contributed by atoms with Gasteiger partial charge in [-0.3, -0.25) is 0 Å². The van der Waals surface area contributed by atoms with Gasteiger partial charge in [0.2, 0.25) is 10.0 Å². The smallest absolute Gasteiger partial charge is 0.244 e. The standard InChI is InChI=1S/C13H20ClNO3S2/c1-10(11-3-4-11)15(5-6-18-2)20(16,17)13-7-12(8-14)19-9-13/h7,9-11H,3-6,8H2,1-2H3. The van der Waals surface area contributed by atoms with Crippen molar-refractivity contribution >= 4 is 33.0 Å². The average molecular weight is 338 g/mol. The van der Waals surface area contributed by atoms with Gasteiger partial charge >= 0.3 is 0 Å². The van der Waals surface area contributed by atoms with Gasteiger partial charge in [-0.05, 0) is 31.7 Å². The molecule has 0 amide bonds. The summed E-state index contributed by atoms with van der Waals surface area (Å²) in [6.07, 6.45) is 2.22. The lowest BCUT2D eigenvalue weighted by atomic mass is 10.2. The summed E-state index contributed by atoms with van der Waals surface area (Å²) in [5.74, 6) is 0.823. The van der Waals surface area contributed by atoms with Crippen LogP contribution < -0.4 is 0 Å². The van der Waals surface area contributed by atoms with E-state index in [1.807, 2.05) is 6.92 Å². The molecular weight excluding hydrogens is 318 g/mol. The van der Waals surface area contributed by atoms with Crippen LogP contribution in [0.2, 0.25) is 0 Å². The molecule has 1 atom stereocenters. The first-order valence-electron chi connectivity index (χ1n) is 6.65. The summed E-state index contributed by atoms with van der Waals surface area (Å²) in [7, 11) is -1.88. The number of sulfonamides is 1. The van der Waals surface area contributed by atoms with Crippen molar-refractivity contribution in [3.05, 3.63) is 16.3 Å². The predicted molar refractivity (Wildman–Crippen MR) is 81.8 cm³/mol. The van der Waals surface area contributed by atoms with Crippen molar-refractivity contribution in [2.45, 2.75) is 36.6 Å².